The van der Waals surface area contributed by atoms with Crippen molar-refractivity contribution in [3.05, 3.63) is 70.4 Å². The third-order valence-electron chi connectivity index (χ3n) is 3.82. The Kier molecular flexibility index (Phi) is 5.07. The van der Waals surface area contributed by atoms with Gasteiger partial charge >= 0.3 is 6.09 Å². The highest BCUT2D eigenvalue weighted by Crippen LogP contribution is 2.23. The zero-order valence-electron chi connectivity index (χ0n) is 14.5. The number of benzene rings is 2. The van der Waals surface area contributed by atoms with Crippen LogP contribution in [0, 0.1) is 0 Å². The maximum Gasteiger partial charge on any atom is 0.433 e. The lowest BCUT2D eigenvalue weighted by Gasteiger charge is -2.02. The number of hydrogen-bond donors (Lipinski definition) is 1. The van der Waals surface area contributed by atoms with E-state index in [1.165, 1.54) is 4.57 Å². The van der Waals surface area contributed by atoms with E-state index >= 15 is 0 Å². The second-order valence-electron chi connectivity index (χ2n) is 5.53. The summed E-state index contributed by atoms with van der Waals surface area (Å²) in [6, 6.07) is 16.9. The summed E-state index contributed by atoms with van der Waals surface area (Å²) in [5.74, 6) is 0. The van der Waals surface area contributed by atoms with Crippen LogP contribution in [0.15, 0.2) is 64.5 Å². The molecule has 3 aromatic rings. The standard InChI is InChI=1S/C19H18N4O3/c1-3-20-19(25)26-22-17-18(24)23(2)15-12-8-7-11-14(15)16(21-17)13-9-5-4-6-10-13/h4-12H,3H2,1-2H3,(H,20,25)/b22-17+. The van der Waals surface area contributed by atoms with Gasteiger partial charge in [-0.3, -0.25) is 9.63 Å². The third-order valence-corrected chi connectivity index (χ3v) is 3.82. The first-order valence-electron chi connectivity index (χ1n) is 8.16. The zero-order valence-corrected chi connectivity index (χ0v) is 14.5. The van der Waals surface area contributed by atoms with Gasteiger partial charge in [0.05, 0.1) is 11.2 Å². The van der Waals surface area contributed by atoms with Crippen LogP contribution < -0.4 is 16.4 Å². The van der Waals surface area contributed by atoms with Gasteiger partial charge in [-0.05, 0) is 18.1 Å². The van der Waals surface area contributed by atoms with Gasteiger partial charge in [0, 0.05) is 24.5 Å². The Bertz CT molecular complexity index is 1080. The molecule has 1 heterocycles. The molecule has 0 radical (unpaired) electrons. The summed E-state index contributed by atoms with van der Waals surface area (Å²) in [6.45, 7) is 2.14. The molecule has 1 N–H and O–H groups in total. The normalized spacial score (nSPS) is 11.4. The Morgan fingerprint density at radius 3 is 2.58 bits per heavy atom. The summed E-state index contributed by atoms with van der Waals surface area (Å²) in [6.07, 6.45) is -0.742. The number of aromatic nitrogens is 2. The minimum Gasteiger partial charge on any atom is -0.320 e. The predicted octanol–water partition coefficient (Wildman–Crippen LogP) is 2.16. The van der Waals surface area contributed by atoms with Crippen molar-refractivity contribution in [1.29, 1.82) is 0 Å². The molecule has 0 aliphatic rings. The Hall–Kier alpha value is -3.48. The molecule has 0 saturated heterocycles. The van der Waals surface area contributed by atoms with Crippen molar-refractivity contribution in [3.63, 3.8) is 0 Å². The molecule has 7 heteroatoms. The van der Waals surface area contributed by atoms with Crippen molar-refractivity contribution in [1.82, 2.24) is 14.9 Å². The number of rotatable bonds is 3. The number of fused-ring (bicyclic) bond motifs is 1. The predicted molar refractivity (Wildman–Crippen MR) is 98.1 cm³/mol. The minimum absolute atomic E-state index is 0.200. The van der Waals surface area contributed by atoms with Crippen molar-refractivity contribution in [2.45, 2.75) is 6.92 Å². The summed E-state index contributed by atoms with van der Waals surface area (Å²) < 4.78 is 1.44. The van der Waals surface area contributed by atoms with E-state index in [0.717, 1.165) is 10.9 Å². The molecule has 7 nitrogen and oxygen atoms in total. The van der Waals surface area contributed by atoms with Crippen molar-refractivity contribution in [3.8, 4) is 11.3 Å². The maximum atomic E-state index is 12.7. The van der Waals surface area contributed by atoms with E-state index in [1.807, 2.05) is 54.6 Å². The minimum atomic E-state index is -0.742. The molecule has 0 saturated carbocycles. The molecule has 0 spiro atoms. The second-order valence-corrected chi connectivity index (χ2v) is 5.53. The van der Waals surface area contributed by atoms with E-state index in [9.17, 15) is 9.59 Å². The Morgan fingerprint density at radius 1 is 1.15 bits per heavy atom. The second kappa shape index (κ2) is 7.60. The Labute approximate surface area is 149 Å². The number of amides is 1. The van der Waals surface area contributed by atoms with Gasteiger partial charge in [-0.2, -0.15) is 0 Å². The molecule has 0 aliphatic carbocycles. The molecule has 0 bridgehead atoms. The summed E-state index contributed by atoms with van der Waals surface area (Å²) in [5.41, 5.74) is 1.44. The van der Waals surface area contributed by atoms with Gasteiger partial charge in [0.1, 0.15) is 0 Å². The molecule has 132 valence electrons. The number of nitrogens with one attached hydrogen (secondary N) is 1. The number of carbonyl (C=O) groups is 1. The van der Waals surface area contributed by atoms with E-state index in [-0.39, 0.29) is 5.49 Å². The van der Waals surface area contributed by atoms with Gasteiger partial charge in [0.2, 0.25) is 0 Å². The van der Waals surface area contributed by atoms with E-state index in [2.05, 4.69) is 15.5 Å². The van der Waals surface area contributed by atoms with Crippen molar-refractivity contribution in [2.24, 2.45) is 12.2 Å². The monoisotopic (exact) mass is 350 g/mol. The van der Waals surface area contributed by atoms with E-state index < -0.39 is 11.7 Å². The van der Waals surface area contributed by atoms with Crippen molar-refractivity contribution < 1.29 is 9.63 Å². The average molecular weight is 350 g/mol. The van der Waals surface area contributed by atoms with Crippen LogP contribution in [0.5, 0.6) is 0 Å². The topological polar surface area (TPSA) is 85.6 Å². The summed E-state index contributed by atoms with van der Waals surface area (Å²) in [4.78, 5) is 33.4. The molecule has 26 heavy (non-hydrogen) atoms. The van der Waals surface area contributed by atoms with Crippen LogP contribution in [-0.4, -0.2) is 22.2 Å². The molecular formula is C19H18N4O3. The number of hydrogen-bond acceptors (Lipinski definition) is 5. The largest absolute Gasteiger partial charge is 0.433 e. The van der Waals surface area contributed by atoms with Crippen LogP contribution in [0.4, 0.5) is 4.79 Å². The van der Waals surface area contributed by atoms with Crippen LogP contribution in [0.2, 0.25) is 0 Å². The van der Waals surface area contributed by atoms with Gasteiger partial charge in [0.15, 0.2) is 0 Å². The summed E-state index contributed by atoms with van der Waals surface area (Å²) in [5, 5.41) is 6.91. The summed E-state index contributed by atoms with van der Waals surface area (Å²) in [7, 11) is 1.63. The van der Waals surface area contributed by atoms with E-state index in [1.54, 1.807) is 14.0 Å². The van der Waals surface area contributed by atoms with Gasteiger partial charge < -0.3 is 9.88 Å². The van der Waals surface area contributed by atoms with Gasteiger partial charge in [-0.25, -0.2) is 9.78 Å². The highest BCUT2D eigenvalue weighted by molar-refractivity contribution is 5.91. The molecule has 1 aromatic heterocycles. The Morgan fingerprint density at radius 2 is 1.85 bits per heavy atom. The highest BCUT2D eigenvalue weighted by atomic mass is 16.7. The SMILES string of the molecule is CCNC(=O)O/N=c1/nc(-c2ccccc2)c2ccccc2n(C)c1=O. The van der Waals surface area contributed by atoms with Crippen LogP contribution >= 0.6 is 0 Å². The molecular weight excluding hydrogens is 332 g/mol. The van der Waals surface area contributed by atoms with Crippen LogP contribution in [-0.2, 0) is 11.9 Å². The van der Waals surface area contributed by atoms with E-state index in [4.69, 9.17) is 4.84 Å². The first-order valence-corrected chi connectivity index (χ1v) is 8.16. The number of carbonyl (C=O) groups excluding carboxylic acids is 1. The van der Waals surface area contributed by atoms with Gasteiger partial charge in [0.25, 0.3) is 11.0 Å². The smallest absolute Gasteiger partial charge is 0.320 e. The maximum absolute atomic E-state index is 12.7. The lowest BCUT2D eigenvalue weighted by molar-refractivity contribution is 0.145. The molecule has 0 unspecified atom stereocenters. The van der Waals surface area contributed by atoms with E-state index in [0.29, 0.717) is 17.8 Å². The number of aryl methyl sites for hydroxylation is 1. The number of nitrogens with zero attached hydrogens (tertiary/aromatic N) is 3. The molecule has 0 fully saturated rings. The van der Waals surface area contributed by atoms with Gasteiger partial charge in [-0.1, -0.05) is 48.5 Å². The number of para-hydroxylation sites is 1. The first kappa shape index (κ1) is 17.3. The average Bonchev–Trinajstić information content (AvgIpc) is 2.77. The molecule has 3 rings (SSSR count). The fraction of sp³-hybridized carbons (Fsp3) is 0.158. The molecule has 0 aliphatic heterocycles. The first-order chi connectivity index (χ1) is 12.6. The highest BCUT2D eigenvalue weighted by Gasteiger charge is 2.10. The fourth-order valence-corrected chi connectivity index (χ4v) is 2.58. The molecule has 1 amide bonds. The van der Waals surface area contributed by atoms with Crippen molar-refractivity contribution in [2.75, 3.05) is 6.54 Å². The third kappa shape index (κ3) is 3.46. The summed E-state index contributed by atoms with van der Waals surface area (Å²) >= 11 is 0. The van der Waals surface area contributed by atoms with Crippen molar-refractivity contribution >= 4 is 17.0 Å². The lowest BCUT2D eigenvalue weighted by Crippen LogP contribution is -2.34. The lowest BCUT2D eigenvalue weighted by atomic mass is 10.1. The zero-order chi connectivity index (χ0) is 18.5. The van der Waals surface area contributed by atoms with Crippen LogP contribution in [0.1, 0.15) is 6.92 Å². The molecule has 2 aromatic carbocycles. The van der Waals surface area contributed by atoms with Crippen LogP contribution in [0.25, 0.3) is 22.2 Å². The quantitative estimate of drug-likeness (QED) is 0.579. The van der Waals surface area contributed by atoms with Crippen LogP contribution in [0.3, 0.4) is 0 Å². The van der Waals surface area contributed by atoms with Gasteiger partial charge in [-0.15, -0.1) is 0 Å². The fourth-order valence-electron chi connectivity index (χ4n) is 2.58. The Balaban J connectivity index is 2.34. The molecule has 0 atom stereocenters.